The molecular formula is C12H17ClN4O. The van der Waals surface area contributed by atoms with E-state index in [1.165, 1.54) is 18.8 Å². The molecule has 1 fully saturated rings. The van der Waals surface area contributed by atoms with E-state index in [0.717, 1.165) is 19.5 Å². The molecule has 2 heterocycles. The number of amides is 1. The van der Waals surface area contributed by atoms with Crippen molar-refractivity contribution in [3.63, 3.8) is 0 Å². The van der Waals surface area contributed by atoms with Crippen LogP contribution in [0.3, 0.4) is 0 Å². The van der Waals surface area contributed by atoms with E-state index >= 15 is 0 Å². The second-order valence-electron chi connectivity index (χ2n) is 4.36. The summed E-state index contributed by atoms with van der Waals surface area (Å²) >= 11 is 5.70. The molecular weight excluding hydrogens is 252 g/mol. The van der Waals surface area contributed by atoms with Gasteiger partial charge in [0.2, 0.25) is 0 Å². The van der Waals surface area contributed by atoms with Crippen molar-refractivity contribution in [2.45, 2.75) is 25.8 Å². The highest BCUT2D eigenvalue weighted by Gasteiger charge is 2.23. The van der Waals surface area contributed by atoms with Crippen LogP contribution in [-0.2, 0) is 0 Å². The molecule has 0 aliphatic carbocycles. The minimum atomic E-state index is -0.215. The summed E-state index contributed by atoms with van der Waals surface area (Å²) in [7, 11) is 0. The first-order valence-electron chi connectivity index (χ1n) is 6.20. The van der Waals surface area contributed by atoms with E-state index in [0.29, 0.717) is 12.6 Å². The van der Waals surface area contributed by atoms with Crippen LogP contribution < -0.4 is 5.32 Å². The van der Waals surface area contributed by atoms with Crippen LogP contribution in [0.15, 0.2) is 12.4 Å². The molecule has 1 atom stereocenters. The lowest BCUT2D eigenvalue weighted by Crippen LogP contribution is -2.40. The molecule has 5 nitrogen and oxygen atoms in total. The maximum absolute atomic E-state index is 11.9. The third-order valence-electron chi connectivity index (χ3n) is 3.24. The minimum Gasteiger partial charge on any atom is -0.349 e. The van der Waals surface area contributed by atoms with Crippen LogP contribution in [0.4, 0.5) is 0 Å². The summed E-state index contributed by atoms with van der Waals surface area (Å²) in [6.07, 6.45) is 5.17. The fraction of sp³-hybridized carbons (Fsp3) is 0.583. The van der Waals surface area contributed by atoms with Crippen LogP contribution in [0.5, 0.6) is 0 Å². The summed E-state index contributed by atoms with van der Waals surface area (Å²) < 4.78 is 0. The Morgan fingerprint density at radius 2 is 2.44 bits per heavy atom. The molecule has 98 valence electrons. The Morgan fingerprint density at radius 3 is 3.17 bits per heavy atom. The number of likely N-dealkylation sites (tertiary alicyclic amines) is 1. The quantitative estimate of drug-likeness (QED) is 0.895. The monoisotopic (exact) mass is 268 g/mol. The molecule has 0 spiro atoms. The Labute approximate surface area is 112 Å². The first kappa shape index (κ1) is 13.2. The summed E-state index contributed by atoms with van der Waals surface area (Å²) in [4.78, 5) is 22.0. The van der Waals surface area contributed by atoms with Gasteiger partial charge in [-0.05, 0) is 25.9 Å². The number of nitrogens with zero attached hydrogens (tertiary/aromatic N) is 3. The van der Waals surface area contributed by atoms with Gasteiger partial charge >= 0.3 is 0 Å². The molecule has 1 N–H and O–H groups in total. The molecule has 1 aromatic rings. The van der Waals surface area contributed by atoms with Crippen molar-refractivity contribution in [3.05, 3.63) is 23.2 Å². The summed E-state index contributed by atoms with van der Waals surface area (Å²) in [5.74, 6) is -0.215. The van der Waals surface area contributed by atoms with Gasteiger partial charge in [-0.2, -0.15) is 0 Å². The van der Waals surface area contributed by atoms with Crippen LogP contribution >= 0.6 is 11.6 Å². The summed E-state index contributed by atoms with van der Waals surface area (Å²) in [5, 5.41) is 3.13. The predicted octanol–water partition coefficient (Wildman–Crippen LogP) is 1.34. The number of carbonyl (C=O) groups excluding carboxylic acids is 1. The van der Waals surface area contributed by atoms with Crippen molar-refractivity contribution < 1.29 is 4.79 Å². The number of halogens is 1. The van der Waals surface area contributed by atoms with Crippen molar-refractivity contribution in [2.75, 3.05) is 19.6 Å². The molecule has 0 aromatic carbocycles. The lowest BCUT2D eigenvalue weighted by Gasteiger charge is -2.22. The first-order chi connectivity index (χ1) is 8.70. The Kier molecular flexibility index (Phi) is 4.49. The maximum atomic E-state index is 11.9. The predicted molar refractivity (Wildman–Crippen MR) is 69.6 cm³/mol. The Bertz CT molecular complexity index is 426. The van der Waals surface area contributed by atoms with Gasteiger partial charge in [-0.1, -0.05) is 18.5 Å². The third-order valence-corrected chi connectivity index (χ3v) is 3.42. The molecule has 1 saturated heterocycles. The minimum absolute atomic E-state index is 0.215. The van der Waals surface area contributed by atoms with Crippen molar-refractivity contribution in [3.8, 4) is 0 Å². The molecule has 1 aliphatic heterocycles. The molecule has 1 aliphatic rings. The molecule has 1 aromatic heterocycles. The second kappa shape index (κ2) is 6.11. The average Bonchev–Trinajstić information content (AvgIpc) is 2.83. The van der Waals surface area contributed by atoms with Crippen LogP contribution in [0.2, 0.25) is 5.15 Å². The van der Waals surface area contributed by atoms with Crippen LogP contribution in [0.25, 0.3) is 0 Å². The Hall–Kier alpha value is -1.20. The molecule has 2 rings (SSSR count). The summed E-state index contributed by atoms with van der Waals surface area (Å²) in [5.41, 5.74) is 0.267. The third kappa shape index (κ3) is 3.17. The molecule has 1 amide bonds. The maximum Gasteiger partial charge on any atom is 0.271 e. The van der Waals surface area contributed by atoms with E-state index in [9.17, 15) is 4.79 Å². The lowest BCUT2D eigenvalue weighted by molar-refractivity contribution is 0.0936. The van der Waals surface area contributed by atoms with Gasteiger partial charge in [0.15, 0.2) is 0 Å². The number of hydrogen-bond acceptors (Lipinski definition) is 4. The normalized spacial score (nSPS) is 20.0. The van der Waals surface area contributed by atoms with Crippen molar-refractivity contribution in [2.24, 2.45) is 0 Å². The zero-order valence-corrected chi connectivity index (χ0v) is 11.2. The van der Waals surface area contributed by atoms with Crippen LogP contribution in [0.1, 0.15) is 30.3 Å². The van der Waals surface area contributed by atoms with Gasteiger partial charge in [-0.3, -0.25) is 14.7 Å². The number of likely N-dealkylation sites (N-methyl/N-ethyl adjacent to an activating group) is 1. The molecule has 0 bridgehead atoms. The molecule has 0 radical (unpaired) electrons. The SMILES string of the molecule is CCN1CCCC1CNC(=O)c1cncc(Cl)n1. The van der Waals surface area contributed by atoms with E-state index < -0.39 is 0 Å². The number of carbonyl (C=O) groups is 1. The van der Waals surface area contributed by atoms with Gasteiger partial charge in [0.1, 0.15) is 10.8 Å². The van der Waals surface area contributed by atoms with Gasteiger partial charge in [0, 0.05) is 12.6 Å². The topological polar surface area (TPSA) is 58.1 Å². The van der Waals surface area contributed by atoms with E-state index in [2.05, 4.69) is 27.1 Å². The van der Waals surface area contributed by atoms with Gasteiger partial charge in [-0.15, -0.1) is 0 Å². The Balaban J connectivity index is 1.88. The zero-order chi connectivity index (χ0) is 13.0. The van der Waals surface area contributed by atoms with Gasteiger partial charge < -0.3 is 5.32 Å². The largest absolute Gasteiger partial charge is 0.349 e. The fourth-order valence-corrected chi connectivity index (χ4v) is 2.44. The van der Waals surface area contributed by atoms with Crippen LogP contribution in [0, 0.1) is 0 Å². The fourth-order valence-electron chi connectivity index (χ4n) is 2.30. The summed E-state index contributed by atoms with van der Waals surface area (Å²) in [6, 6.07) is 0.436. The average molecular weight is 269 g/mol. The van der Waals surface area contributed by atoms with Crippen LogP contribution in [-0.4, -0.2) is 46.5 Å². The first-order valence-corrected chi connectivity index (χ1v) is 6.58. The zero-order valence-electron chi connectivity index (χ0n) is 10.4. The highest BCUT2D eigenvalue weighted by molar-refractivity contribution is 6.29. The molecule has 0 saturated carbocycles. The second-order valence-corrected chi connectivity index (χ2v) is 4.75. The van der Waals surface area contributed by atoms with E-state index in [1.54, 1.807) is 0 Å². The van der Waals surface area contributed by atoms with Crippen molar-refractivity contribution in [1.82, 2.24) is 20.2 Å². The highest BCUT2D eigenvalue weighted by atomic mass is 35.5. The van der Waals surface area contributed by atoms with Gasteiger partial charge in [-0.25, -0.2) is 4.98 Å². The number of aromatic nitrogens is 2. The standard InChI is InChI=1S/C12H17ClN4O/c1-2-17-5-3-4-9(17)6-15-12(18)10-7-14-8-11(13)16-10/h7-9H,2-6H2,1H3,(H,15,18). The molecule has 18 heavy (non-hydrogen) atoms. The van der Waals surface area contributed by atoms with Crippen molar-refractivity contribution in [1.29, 1.82) is 0 Å². The molecule has 1 unspecified atom stereocenters. The van der Waals surface area contributed by atoms with Crippen molar-refractivity contribution >= 4 is 17.5 Å². The van der Waals surface area contributed by atoms with E-state index in [-0.39, 0.29) is 16.8 Å². The number of rotatable bonds is 4. The number of nitrogens with one attached hydrogen (secondary N) is 1. The van der Waals surface area contributed by atoms with E-state index in [4.69, 9.17) is 11.6 Å². The molecule has 6 heteroatoms. The van der Waals surface area contributed by atoms with E-state index in [1.807, 2.05) is 0 Å². The Morgan fingerprint density at radius 1 is 1.61 bits per heavy atom. The number of hydrogen-bond donors (Lipinski definition) is 1. The van der Waals surface area contributed by atoms with Gasteiger partial charge in [0.05, 0.1) is 12.4 Å². The van der Waals surface area contributed by atoms with Gasteiger partial charge in [0.25, 0.3) is 5.91 Å². The lowest BCUT2D eigenvalue weighted by atomic mass is 10.2. The summed E-state index contributed by atoms with van der Waals surface area (Å²) in [6.45, 7) is 4.94. The smallest absolute Gasteiger partial charge is 0.271 e. The highest BCUT2D eigenvalue weighted by Crippen LogP contribution is 2.15.